The Labute approximate surface area is 193 Å². The van der Waals surface area contributed by atoms with Crippen molar-refractivity contribution in [3.8, 4) is 5.75 Å². The van der Waals surface area contributed by atoms with Gasteiger partial charge in [0.05, 0.1) is 6.04 Å². The highest BCUT2D eigenvalue weighted by Gasteiger charge is 2.52. The van der Waals surface area contributed by atoms with Crippen LogP contribution in [0.2, 0.25) is 5.02 Å². The Bertz CT molecular complexity index is 949. The van der Waals surface area contributed by atoms with E-state index in [0.29, 0.717) is 36.6 Å². The Balaban J connectivity index is 1.65. The number of aromatic nitrogens is 3. The monoisotopic (exact) mass is 459 g/mol. The van der Waals surface area contributed by atoms with Gasteiger partial charge in [0.1, 0.15) is 23.9 Å². The first kappa shape index (κ1) is 22.6. The third-order valence-corrected chi connectivity index (χ3v) is 6.74. The smallest absolute Gasteiger partial charge is 0.246 e. The molecule has 2 fully saturated rings. The molecule has 2 aromatic rings. The first-order valence-corrected chi connectivity index (χ1v) is 11.5. The number of carbonyl (C=O) groups is 2. The minimum Gasteiger partial charge on any atom is -0.466 e. The third kappa shape index (κ3) is 4.33. The molecule has 0 radical (unpaired) electrons. The maximum absolute atomic E-state index is 13.8. The number of carbonyl (C=O) groups excluding carboxylic acids is 2. The minimum absolute atomic E-state index is 0.0552. The van der Waals surface area contributed by atoms with Crippen molar-refractivity contribution >= 4 is 23.4 Å². The van der Waals surface area contributed by atoms with E-state index < -0.39 is 17.8 Å². The zero-order valence-corrected chi connectivity index (χ0v) is 19.5. The van der Waals surface area contributed by atoms with Gasteiger partial charge in [0.25, 0.3) is 0 Å². The van der Waals surface area contributed by atoms with Gasteiger partial charge >= 0.3 is 0 Å². The number of nitrogens with zero attached hydrogens (tertiary/aromatic N) is 4. The van der Waals surface area contributed by atoms with Gasteiger partial charge in [-0.15, -0.1) is 0 Å². The molecule has 2 atom stereocenters. The Morgan fingerprint density at radius 3 is 2.41 bits per heavy atom. The van der Waals surface area contributed by atoms with Gasteiger partial charge in [-0.2, -0.15) is 5.10 Å². The summed E-state index contributed by atoms with van der Waals surface area (Å²) in [6.07, 6.45) is 6.14. The molecule has 2 heterocycles. The van der Waals surface area contributed by atoms with Crippen LogP contribution in [0.4, 0.5) is 0 Å². The van der Waals surface area contributed by atoms with Crippen molar-refractivity contribution in [1.29, 1.82) is 0 Å². The van der Waals surface area contributed by atoms with Crippen LogP contribution in [0.1, 0.15) is 59.1 Å². The van der Waals surface area contributed by atoms with Crippen molar-refractivity contribution in [1.82, 2.24) is 25.0 Å². The molecule has 172 valence electrons. The summed E-state index contributed by atoms with van der Waals surface area (Å²) in [5, 5.41) is 8.17. The minimum atomic E-state index is -0.772. The molecule has 1 aliphatic carbocycles. The molecule has 1 saturated carbocycles. The van der Waals surface area contributed by atoms with Crippen LogP contribution in [-0.2, 0) is 9.59 Å². The van der Waals surface area contributed by atoms with Gasteiger partial charge in [-0.05, 0) is 42.5 Å². The predicted octanol–water partition coefficient (Wildman–Crippen LogP) is 3.59. The lowest BCUT2D eigenvalue weighted by atomic mass is 9.83. The molecule has 0 bridgehead atoms. The maximum Gasteiger partial charge on any atom is 0.246 e. The van der Waals surface area contributed by atoms with Crippen molar-refractivity contribution in [2.45, 2.75) is 70.7 Å². The SMILES string of the molecule is CC(C)(C)C(NC(=O)C1(N2CCC2=O)CCCC1)C(Oc1ccc(Cl)cc1)n1cncn1. The number of benzene rings is 1. The number of halogens is 1. The number of hydrogen-bond acceptors (Lipinski definition) is 5. The molecular formula is C23H30ClN5O3. The maximum atomic E-state index is 13.8. The lowest BCUT2D eigenvalue weighted by molar-refractivity contribution is -0.158. The summed E-state index contributed by atoms with van der Waals surface area (Å²) in [7, 11) is 0. The standard InChI is InChI=1S/C23H30ClN5O3/c1-22(2,3)19(27-21(31)23(11-4-5-12-23)28-13-10-18(28)30)20(29-15-25-14-26-29)32-17-8-6-16(24)7-9-17/h6-9,14-15,19-20H,4-5,10-13H2,1-3H3,(H,27,31). The molecular weight excluding hydrogens is 430 g/mol. The van der Waals surface area contributed by atoms with Crippen LogP contribution in [0, 0.1) is 5.41 Å². The summed E-state index contributed by atoms with van der Waals surface area (Å²) in [5.74, 6) is 0.541. The van der Waals surface area contributed by atoms with Crippen molar-refractivity contribution in [2.24, 2.45) is 5.41 Å². The van der Waals surface area contributed by atoms with E-state index in [2.05, 4.69) is 15.4 Å². The molecule has 9 heteroatoms. The quantitative estimate of drug-likeness (QED) is 0.639. The molecule has 1 aliphatic heterocycles. The van der Waals surface area contributed by atoms with Crippen molar-refractivity contribution in [3.05, 3.63) is 41.9 Å². The van der Waals surface area contributed by atoms with Crippen molar-refractivity contribution in [2.75, 3.05) is 6.54 Å². The summed E-state index contributed by atoms with van der Waals surface area (Å²) in [6, 6.07) is 6.63. The lowest BCUT2D eigenvalue weighted by Crippen LogP contribution is -2.66. The fourth-order valence-corrected chi connectivity index (χ4v) is 4.74. The molecule has 2 amide bonds. The molecule has 1 N–H and O–H groups in total. The largest absolute Gasteiger partial charge is 0.466 e. The second-order valence-electron chi connectivity index (χ2n) is 9.69. The second-order valence-corrected chi connectivity index (χ2v) is 10.1. The number of nitrogens with one attached hydrogen (secondary N) is 1. The summed E-state index contributed by atoms with van der Waals surface area (Å²) < 4.78 is 7.94. The molecule has 0 spiro atoms. The van der Waals surface area contributed by atoms with Crippen LogP contribution in [0.3, 0.4) is 0 Å². The van der Waals surface area contributed by atoms with E-state index in [1.165, 1.54) is 6.33 Å². The Hall–Kier alpha value is -2.61. The first-order chi connectivity index (χ1) is 15.2. The number of β-lactam (4-membered cyclic amide) rings is 1. The summed E-state index contributed by atoms with van der Waals surface area (Å²) in [4.78, 5) is 31.9. The average Bonchev–Trinajstić information content (AvgIpc) is 3.43. The number of ether oxygens (including phenoxy) is 1. The van der Waals surface area contributed by atoms with Gasteiger partial charge in [0.15, 0.2) is 0 Å². The molecule has 1 saturated heterocycles. The highest BCUT2D eigenvalue weighted by molar-refractivity contribution is 6.30. The van der Waals surface area contributed by atoms with E-state index >= 15 is 0 Å². The Morgan fingerprint density at radius 1 is 1.22 bits per heavy atom. The van der Waals surface area contributed by atoms with Crippen molar-refractivity contribution < 1.29 is 14.3 Å². The summed E-state index contributed by atoms with van der Waals surface area (Å²) in [5.41, 5.74) is -1.15. The van der Waals surface area contributed by atoms with Gasteiger partial charge < -0.3 is 15.0 Å². The molecule has 4 rings (SSSR count). The molecule has 2 unspecified atom stereocenters. The molecule has 1 aromatic carbocycles. The highest BCUT2D eigenvalue weighted by Crippen LogP contribution is 2.40. The Morgan fingerprint density at radius 2 is 1.91 bits per heavy atom. The van der Waals surface area contributed by atoms with Crippen LogP contribution in [0.25, 0.3) is 0 Å². The number of hydrogen-bond donors (Lipinski definition) is 1. The number of rotatable bonds is 7. The van der Waals surface area contributed by atoms with Gasteiger partial charge in [-0.25, -0.2) is 9.67 Å². The Kier molecular flexibility index (Phi) is 6.16. The molecule has 1 aromatic heterocycles. The third-order valence-electron chi connectivity index (χ3n) is 6.49. The highest BCUT2D eigenvalue weighted by atomic mass is 35.5. The van der Waals surface area contributed by atoms with Crippen LogP contribution in [-0.4, -0.2) is 49.6 Å². The van der Waals surface area contributed by atoms with E-state index in [4.69, 9.17) is 16.3 Å². The molecule has 2 aliphatic rings. The predicted molar refractivity (Wildman–Crippen MR) is 120 cm³/mol. The van der Waals surface area contributed by atoms with Crippen LogP contribution >= 0.6 is 11.6 Å². The van der Waals surface area contributed by atoms with E-state index in [1.54, 1.807) is 40.2 Å². The average molecular weight is 460 g/mol. The van der Waals surface area contributed by atoms with Crippen LogP contribution in [0.15, 0.2) is 36.9 Å². The fraction of sp³-hybridized carbons (Fsp3) is 0.565. The van der Waals surface area contributed by atoms with E-state index in [1.807, 2.05) is 20.8 Å². The zero-order chi connectivity index (χ0) is 22.9. The van der Waals surface area contributed by atoms with Gasteiger partial charge in [-0.1, -0.05) is 45.2 Å². The summed E-state index contributed by atoms with van der Waals surface area (Å²) in [6.45, 7) is 6.77. The molecule has 32 heavy (non-hydrogen) atoms. The van der Waals surface area contributed by atoms with Gasteiger partial charge in [0, 0.05) is 18.0 Å². The van der Waals surface area contributed by atoms with Gasteiger partial charge in [0.2, 0.25) is 18.0 Å². The lowest BCUT2D eigenvalue weighted by Gasteiger charge is -2.47. The van der Waals surface area contributed by atoms with Crippen molar-refractivity contribution in [3.63, 3.8) is 0 Å². The zero-order valence-electron chi connectivity index (χ0n) is 18.8. The second kappa shape index (κ2) is 8.73. The van der Waals surface area contributed by atoms with E-state index in [-0.39, 0.29) is 17.2 Å². The van der Waals surface area contributed by atoms with Gasteiger partial charge in [-0.3, -0.25) is 9.59 Å². The van der Waals surface area contributed by atoms with Crippen LogP contribution < -0.4 is 10.1 Å². The molecule has 8 nitrogen and oxygen atoms in total. The fourth-order valence-electron chi connectivity index (χ4n) is 4.61. The first-order valence-electron chi connectivity index (χ1n) is 11.1. The topological polar surface area (TPSA) is 89.4 Å². The van der Waals surface area contributed by atoms with Crippen LogP contribution in [0.5, 0.6) is 5.75 Å². The van der Waals surface area contributed by atoms with E-state index in [9.17, 15) is 9.59 Å². The normalized spacial score (nSPS) is 19.9. The number of amides is 2. The summed E-state index contributed by atoms with van der Waals surface area (Å²) >= 11 is 6.03. The number of likely N-dealkylation sites (tertiary alicyclic amines) is 1. The van der Waals surface area contributed by atoms with E-state index in [0.717, 1.165) is 12.8 Å².